The maximum Gasteiger partial charge on any atom is 0.268 e. The molecule has 7 heteroatoms. The Hall–Kier alpha value is -10.2. The van der Waals surface area contributed by atoms with Crippen LogP contribution in [0.1, 0.15) is 130 Å². The third kappa shape index (κ3) is 10.3. The van der Waals surface area contributed by atoms with Crippen LogP contribution in [-0.2, 0) is 37.3 Å². The van der Waals surface area contributed by atoms with E-state index in [1.165, 1.54) is 45.5 Å². The number of ether oxygens (including phenoxy) is 1. The fourth-order valence-corrected chi connectivity index (χ4v) is 16.7. The van der Waals surface area contributed by atoms with Crippen molar-refractivity contribution >= 4 is 61.7 Å². The van der Waals surface area contributed by atoms with Crippen molar-refractivity contribution < 1.29 is 82.5 Å². The van der Waals surface area contributed by atoms with Gasteiger partial charge in [-0.15, -0.1) is 29.7 Å². The first-order valence-corrected chi connectivity index (χ1v) is 32.4. The molecule has 0 unspecified atom stereocenters. The zero-order valence-corrected chi connectivity index (χ0v) is 54.7. The fourth-order valence-electron chi connectivity index (χ4n) is 13.1. The van der Waals surface area contributed by atoms with E-state index in [1.54, 1.807) is 72.9 Å². The second-order valence-corrected chi connectivity index (χ2v) is 27.8. The minimum absolute atomic E-state index is 0. The average Bonchev–Trinajstić information content (AvgIpc) is 1.06. The Morgan fingerprint density at radius 1 is 0.515 bits per heavy atom. The molecule has 1 aliphatic heterocycles. The van der Waals surface area contributed by atoms with Crippen LogP contribution in [-0.4, -0.2) is 22.2 Å². The van der Waals surface area contributed by atoms with E-state index in [0.717, 1.165) is 21.9 Å². The third-order valence-electron chi connectivity index (χ3n) is 17.6. The normalized spacial score (nSPS) is 20.9. The van der Waals surface area contributed by atoms with E-state index in [2.05, 4.69) is 39.2 Å². The van der Waals surface area contributed by atoms with E-state index in [1.807, 2.05) is 47.0 Å². The van der Waals surface area contributed by atoms with Gasteiger partial charge in [-0.25, -0.2) is 4.98 Å². The molecule has 1 aliphatic carbocycles. The summed E-state index contributed by atoms with van der Waals surface area (Å²) in [5.41, 5.74) is -12.1. The van der Waals surface area contributed by atoms with Crippen LogP contribution in [0.4, 0.5) is 0 Å². The molecule has 15 aromatic rings. The predicted molar refractivity (Wildman–Crippen MR) is 398 cm³/mol. The summed E-state index contributed by atoms with van der Waals surface area (Å²) in [6.07, 6.45) is -4.21. The summed E-state index contributed by atoms with van der Waals surface area (Å²) in [7, 11) is -6.62. The van der Waals surface area contributed by atoms with Gasteiger partial charge in [0.25, 0.3) is 6.33 Å². The Bertz CT molecular complexity index is 7370. The summed E-state index contributed by atoms with van der Waals surface area (Å²) in [5.74, 6) is 0.888. The van der Waals surface area contributed by atoms with Gasteiger partial charge in [-0.2, -0.15) is 18.2 Å². The van der Waals surface area contributed by atoms with Crippen LogP contribution in [0, 0.1) is 18.5 Å². The maximum atomic E-state index is 11.3. The van der Waals surface area contributed by atoms with Gasteiger partial charge < -0.3 is 13.9 Å². The van der Waals surface area contributed by atoms with E-state index in [0.29, 0.717) is 28.0 Å². The Morgan fingerprint density at radius 3 is 1.87 bits per heavy atom. The summed E-state index contributed by atoms with van der Waals surface area (Å²) < 4.78 is 374. The van der Waals surface area contributed by atoms with Crippen molar-refractivity contribution in [2.45, 2.75) is 77.2 Å². The number of benzene rings is 12. The van der Waals surface area contributed by atoms with Crippen LogP contribution >= 0.6 is 0 Å². The zero-order valence-electron chi connectivity index (χ0n) is 89.4. The summed E-state index contributed by atoms with van der Waals surface area (Å²) in [6.45, 7) is -11.5. The molecule has 5 nitrogen and oxygen atoms in total. The molecule has 474 valence electrons. The first kappa shape index (κ1) is 32.7. The standard InChI is InChI=1S/C90H72N4OSi.Pt/c1-88(2,3)63-49-52-91-85(56-63)94-82-41-20-19-37-75(82)76-47-45-66(58-84(76)94)95-65-27-22-26-64(57-65)92-59-93-86-71(62-25-21-34-70(53-62)96(67-28-11-8-12-29-67,68-30-13-9-14-31-68)69-32-15-10-16-33-69)38-23-39-78(86)79-54-60(61-44-48-80-81(55-61)90(6,7)51-50-89(80,4)5)43-46-74(79)72-35-17-18-36-73(72)77-40-24-42-83(92)87(77)93;/h8-49,52-56H,50-51H2,1-7H3;/q-2;/i4D3,5D3,6D3,7D3,8D,9D,10D,11D,12D,13D,14D,15D,16D,21D,25D,28D,29D,30D,31D,32D,33D,34D,44D,48D,50D2,51D2,53D,55D;. The summed E-state index contributed by atoms with van der Waals surface area (Å²) in [6, 6.07) is 18.7. The minimum Gasteiger partial charge on any atom is -0.510 e. The largest absolute Gasteiger partial charge is 0.510 e. The SMILES string of the molecule is [2H]c1c([2H])c([2H])c([Si](c2c([2H])c([2H])c([2H])c([2H])c2[2H])(c2c([2H])c([2H])c([2H])c([2H])c2[2H])c2c([2H])c([2H])c([2H])c(-c3cccc4c3-[n+]3[c-]n(-c5[c-]c(Oc6[c-]c7c(cc6)c6ccccc6n7-c6cc(C(C)(C)C)ccn6)ccc5)c5cccc(c53)-c3ccccc3-c3ccc(-c5c([2H])c([2H])c6c(c5[2H])C(C([2H])([2H])[2H])(C([2H])([2H])[2H])C([2H])([2H])C([2H])([2H])C6(C([2H])([2H])[2H])C([2H])([2H])[2H])cc3-4)c2[2H])c([2H])c1[2H].[Pt]. The van der Waals surface area contributed by atoms with Gasteiger partial charge in [0.2, 0.25) is 0 Å². The van der Waals surface area contributed by atoms with Crippen molar-refractivity contribution in [1.82, 2.24) is 14.1 Å². The molecule has 0 saturated heterocycles. The minimum atomic E-state index is -6.62. The van der Waals surface area contributed by atoms with Gasteiger partial charge in [-0.1, -0.05) is 278 Å². The first-order chi connectivity index (χ1) is 62.4. The third-order valence-corrected chi connectivity index (χ3v) is 21.6. The van der Waals surface area contributed by atoms with Crippen molar-refractivity contribution in [3.8, 4) is 84.3 Å². The molecule has 97 heavy (non-hydrogen) atoms. The summed E-state index contributed by atoms with van der Waals surface area (Å²) in [5, 5.41) is -2.93. The molecule has 4 heterocycles. The fraction of sp³-hybridized carbons (Fsp3) is 0.133. The van der Waals surface area contributed by atoms with Crippen molar-refractivity contribution in [1.29, 1.82) is 0 Å². The molecule has 0 spiro atoms. The Kier molecular flexibility index (Phi) is 8.03. The topological polar surface area (TPSA) is 35.9 Å². The molecule has 0 radical (unpaired) electrons. The van der Waals surface area contributed by atoms with Crippen LogP contribution < -0.4 is 30.1 Å². The number of nitrogens with zero attached hydrogens (tertiary/aromatic N) is 4. The number of para-hydroxylation sites is 3. The van der Waals surface area contributed by atoms with E-state index in [9.17, 15) is 31.5 Å². The second kappa shape index (κ2) is 23.8. The van der Waals surface area contributed by atoms with Gasteiger partial charge in [-0.3, -0.25) is 4.57 Å². The average molecular weight is 1490 g/mol. The molecule has 0 amide bonds. The number of hydrogen-bond acceptors (Lipinski definition) is 2. The van der Waals surface area contributed by atoms with E-state index in [-0.39, 0.29) is 77.1 Å². The molecular weight excluding hydrogens is 1380 g/mol. The Balaban J connectivity index is 0.0000132. The van der Waals surface area contributed by atoms with Crippen LogP contribution in [0.2, 0.25) is 0 Å². The van der Waals surface area contributed by atoms with Gasteiger partial charge in [0.1, 0.15) is 5.82 Å². The molecule has 0 saturated carbocycles. The molecule has 2 aliphatic rings. The number of fused-ring (bicyclic) bond motifs is 11. The molecule has 12 aromatic carbocycles. The molecule has 0 atom stereocenters. The number of hydrogen-bond donors (Lipinski definition) is 0. The van der Waals surface area contributed by atoms with Gasteiger partial charge in [0.05, 0.1) is 46.9 Å². The predicted octanol–water partition coefficient (Wildman–Crippen LogP) is 19.3. The maximum absolute atomic E-state index is 11.3. The van der Waals surface area contributed by atoms with Crippen LogP contribution in [0.15, 0.2) is 285 Å². The summed E-state index contributed by atoms with van der Waals surface area (Å²) in [4.78, 5) is 4.83. The van der Waals surface area contributed by atoms with Crippen LogP contribution in [0.25, 0.3) is 106 Å². The molecule has 0 N–H and O–H groups in total. The molecular formula is C90H72N4OPtSi-2. The number of rotatable bonds is 10. The zero-order chi connectivity index (χ0) is 97.8. The van der Waals surface area contributed by atoms with Crippen molar-refractivity contribution in [3.63, 3.8) is 0 Å². The smallest absolute Gasteiger partial charge is 0.268 e. The van der Waals surface area contributed by atoms with Gasteiger partial charge >= 0.3 is 0 Å². The van der Waals surface area contributed by atoms with E-state index < -0.39 is 246 Å². The van der Waals surface area contributed by atoms with Crippen molar-refractivity contribution in [3.05, 3.63) is 320 Å². The number of pyridine rings is 1. The van der Waals surface area contributed by atoms with Crippen LogP contribution in [0.5, 0.6) is 11.5 Å². The molecule has 0 bridgehead atoms. The monoisotopic (exact) mass is 1490 g/mol. The van der Waals surface area contributed by atoms with Gasteiger partial charge in [-0.05, 0) is 157 Å². The molecule has 3 aromatic heterocycles. The first-order valence-electron chi connectivity index (χ1n) is 49.4. The Labute approximate surface area is 637 Å². The van der Waals surface area contributed by atoms with E-state index >= 15 is 0 Å². The summed E-state index contributed by atoms with van der Waals surface area (Å²) >= 11 is 0. The van der Waals surface area contributed by atoms with Gasteiger partial charge in [0, 0.05) is 66.2 Å². The number of imidazole rings is 1. The molecule has 17 rings (SSSR count). The second-order valence-electron chi connectivity index (χ2n) is 24.3. The van der Waals surface area contributed by atoms with Gasteiger partial charge in [0.15, 0.2) is 8.07 Å². The quantitative estimate of drug-likeness (QED) is 0.0592. The van der Waals surface area contributed by atoms with E-state index in [4.69, 9.17) is 30.3 Å². The Morgan fingerprint density at radius 2 is 1.13 bits per heavy atom. The molecule has 0 fully saturated rings. The van der Waals surface area contributed by atoms with Crippen molar-refractivity contribution in [2.75, 3.05) is 0 Å². The van der Waals surface area contributed by atoms with Crippen molar-refractivity contribution in [2.24, 2.45) is 0 Å². The number of aromatic nitrogens is 4. The van der Waals surface area contributed by atoms with Crippen LogP contribution in [0.3, 0.4) is 0 Å².